The quantitative estimate of drug-likeness (QED) is 0.769. The highest BCUT2D eigenvalue weighted by atomic mass is 16.2. The number of benzene rings is 1. The molecule has 0 aromatic heterocycles. The Bertz CT molecular complexity index is 366. The van der Waals surface area contributed by atoms with E-state index in [0.717, 1.165) is 18.7 Å². The van der Waals surface area contributed by atoms with Crippen LogP contribution in [-0.4, -0.2) is 18.0 Å². The third-order valence-corrected chi connectivity index (χ3v) is 2.95. The summed E-state index contributed by atoms with van der Waals surface area (Å²) in [6.45, 7) is 4.89. The first-order chi connectivity index (χ1) is 7.10. The van der Waals surface area contributed by atoms with Crippen molar-refractivity contribution in [3.8, 4) is 0 Å². The van der Waals surface area contributed by atoms with Crippen LogP contribution >= 0.6 is 0 Å². The van der Waals surface area contributed by atoms with Crippen molar-refractivity contribution >= 4 is 11.6 Å². The lowest BCUT2D eigenvalue weighted by Crippen LogP contribution is -2.61. The predicted octanol–water partition coefficient (Wildman–Crippen LogP) is 1.69. The molecule has 1 aliphatic heterocycles. The topological polar surface area (TPSA) is 41.1 Å². The van der Waals surface area contributed by atoms with Gasteiger partial charge in [0, 0.05) is 5.69 Å². The van der Waals surface area contributed by atoms with E-state index in [0.29, 0.717) is 0 Å². The van der Waals surface area contributed by atoms with Gasteiger partial charge in [0.15, 0.2) is 0 Å². The predicted molar refractivity (Wildman–Crippen MR) is 60.8 cm³/mol. The van der Waals surface area contributed by atoms with Gasteiger partial charge in [0.05, 0.1) is 5.54 Å². The summed E-state index contributed by atoms with van der Waals surface area (Å²) >= 11 is 0. The Hall–Kier alpha value is -1.35. The van der Waals surface area contributed by atoms with Crippen molar-refractivity contribution in [2.45, 2.75) is 25.8 Å². The van der Waals surface area contributed by atoms with Crippen LogP contribution in [0.1, 0.15) is 18.9 Å². The number of hydrogen-bond donors (Lipinski definition) is 2. The minimum absolute atomic E-state index is 0.0533. The summed E-state index contributed by atoms with van der Waals surface area (Å²) in [5, 5.41) is 6.05. The Kier molecular flexibility index (Phi) is 2.49. The fourth-order valence-corrected chi connectivity index (χ4v) is 1.60. The number of carbonyl (C=O) groups excluding carboxylic acids is 1. The molecule has 1 aromatic carbocycles. The normalized spacial score (nSPS) is 24.4. The molecular formula is C12H16N2O. The van der Waals surface area contributed by atoms with E-state index < -0.39 is 0 Å². The summed E-state index contributed by atoms with van der Waals surface area (Å²) in [5.41, 5.74) is 1.69. The molecule has 15 heavy (non-hydrogen) atoms. The number of carbonyl (C=O) groups is 1. The summed E-state index contributed by atoms with van der Waals surface area (Å²) in [7, 11) is 0. The van der Waals surface area contributed by atoms with Crippen LogP contribution in [0, 0.1) is 6.92 Å². The first-order valence-electron chi connectivity index (χ1n) is 5.23. The number of aryl methyl sites for hydroxylation is 1. The molecule has 3 heteroatoms. The summed E-state index contributed by atoms with van der Waals surface area (Å²) in [6, 6.07) is 7.84. The maximum Gasteiger partial charge on any atom is 0.244 e. The van der Waals surface area contributed by atoms with Crippen LogP contribution in [0.25, 0.3) is 0 Å². The van der Waals surface area contributed by atoms with Crippen molar-refractivity contribution in [2.75, 3.05) is 11.9 Å². The van der Waals surface area contributed by atoms with Crippen molar-refractivity contribution < 1.29 is 4.79 Å². The van der Waals surface area contributed by atoms with Gasteiger partial charge in [0.25, 0.3) is 0 Å². The monoisotopic (exact) mass is 204 g/mol. The van der Waals surface area contributed by atoms with Gasteiger partial charge in [-0.1, -0.05) is 17.7 Å². The summed E-state index contributed by atoms with van der Waals surface area (Å²) in [4.78, 5) is 11.8. The molecule has 1 fully saturated rings. The highest BCUT2D eigenvalue weighted by Gasteiger charge is 2.38. The zero-order chi connectivity index (χ0) is 10.9. The summed E-state index contributed by atoms with van der Waals surface area (Å²) < 4.78 is 0. The van der Waals surface area contributed by atoms with Gasteiger partial charge < -0.3 is 10.6 Å². The lowest BCUT2D eigenvalue weighted by atomic mass is 9.89. The Labute approximate surface area is 89.9 Å². The van der Waals surface area contributed by atoms with E-state index in [1.54, 1.807) is 0 Å². The Morgan fingerprint density at radius 2 is 2.00 bits per heavy atom. The Morgan fingerprint density at radius 1 is 1.40 bits per heavy atom. The molecule has 1 amide bonds. The maximum absolute atomic E-state index is 11.8. The second kappa shape index (κ2) is 3.66. The average molecular weight is 204 g/mol. The van der Waals surface area contributed by atoms with Crippen molar-refractivity contribution in [2.24, 2.45) is 0 Å². The molecule has 3 nitrogen and oxygen atoms in total. The van der Waals surface area contributed by atoms with E-state index in [-0.39, 0.29) is 11.4 Å². The Morgan fingerprint density at radius 3 is 2.47 bits per heavy atom. The molecule has 1 heterocycles. The van der Waals surface area contributed by atoms with E-state index in [4.69, 9.17) is 0 Å². The van der Waals surface area contributed by atoms with Crippen molar-refractivity contribution in [3.63, 3.8) is 0 Å². The van der Waals surface area contributed by atoms with Crippen molar-refractivity contribution in [3.05, 3.63) is 29.8 Å². The second-order valence-corrected chi connectivity index (χ2v) is 4.33. The first-order valence-corrected chi connectivity index (χ1v) is 5.23. The van der Waals surface area contributed by atoms with Crippen LogP contribution < -0.4 is 10.6 Å². The van der Waals surface area contributed by atoms with Gasteiger partial charge in [-0.25, -0.2) is 0 Å². The zero-order valence-corrected chi connectivity index (χ0v) is 9.13. The van der Waals surface area contributed by atoms with Gasteiger partial charge in [0.1, 0.15) is 0 Å². The van der Waals surface area contributed by atoms with Crippen LogP contribution in [0.4, 0.5) is 5.69 Å². The lowest BCUT2D eigenvalue weighted by molar-refractivity contribution is -0.124. The number of hydrogen-bond acceptors (Lipinski definition) is 2. The van der Waals surface area contributed by atoms with Crippen molar-refractivity contribution in [1.29, 1.82) is 0 Å². The highest BCUT2D eigenvalue weighted by Crippen LogP contribution is 2.20. The maximum atomic E-state index is 11.8. The molecule has 0 bridgehead atoms. The molecule has 1 aliphatic rings. The van der Waals surface area contributed by atoms with Crippen LogP contribution in [0.3, 0.4) is 0 Å². The summed E-state index contributed by atoms with van der Waals surface area (Å²) in [6.07, 6.45) is 0.907. The minimum Gasteiger partial charge on any atom is -0.324 e. The second-order valence-electron chi connectivity index (χ2n) is 4.33. The van der Waals surface area contributed by atoms with Crippen molar-refractivity contribution in [1.82, 2.24) is 5.32 Å². The largest absolute Gasteiger partial charge is 0.324 e. The van der Waals surface area contributed by atoms with Crippen LogP contribution in [0.15, 0.2) is 24.3 Å². The average Bonchev–Trinajstić information content (AvgIpc) is 2.18. The fraction of sp³-hybridized carbons (Fsp3) is 0.417. The number of nitrogens with one attached hydrogen (secondary N) is 2. The Balaban J connectivity index is 2.02. The standard InChI is InChI=1S/C12H16N2O/c1-9-3-5-10(6-4-9)14-11(15)12(2)7-8-13-12/h3-6,13H,7-8H2,1-2H3,(H,14,15). The molecule has 0 radical (unpaired) electrons. The van der Waals surface area contributed by atoms with Gasteiger partial charge in [-0.15, -0.1) is 0 Å². The SMILES string of the molecule is Cc1ccc(NC(=O)C2(C)CCN2)cc1. The van der Waals surface area contributed by atoms with Gasteiger partial charge in [-0.3, -0.25) is 4.79 Å². The third-order valence-electron chi connectivity index (χ3n) is 2.95. The van der Waals surface area contributed by atoms with E-state index in [2.05, 4.69) is 10.6 Å². The smallest absolute Gasteiger partial charge is 0.244 e. The lowest BCUT2D eigenvalue weighted by Gasteiger charge is -2.38. The van der Waals surface area contributed by atoms with Crippen LogP contribution in [0.5, 0.6) is 0 Å². The molecule has 1 aromatic rings. The molecule has 2 rings (SSSR count). The molecule has 1 unspecified atom stereocenters. The molecule has 1 saturated heterocycles. The molecule has 80 valence electrons. The number of anilines is 1. The molecule has 1 atom stereocenters. The fourth-order valence-electron chi connectivity index (χ4n) is 1.60. The summed E-state index contributed by atoms with van der Waals surface area (Å²) in [5.74, 6) is 0.0533. The van der Waals surface area contributed by atoms with Gasteiger partial charge in [0.2, 0.25) is 5.91 Å². The zero-order valence-electron chi connectivity index (χ0n) is 9.13. The van der Waals surface area contributed by atoms with Gasteiger partial charge in [-0.05, 0) is 38.9 Å². The molecule has 0 saturated carbocycles. The van der Waals surface area contributed by atoms with Crippen LogP contribution in [0.2, 0.25) is 0 Å². The highest BCUT2D eigenvalue weighted by molar-refractivity contribution is 5.98. The molecular weight excluding hydrogens is 188 g/mol. The van der Waals surface area contributed by atoms with E-state index in [1.807, 2.05) is 38.1 Å². The first kappa shape index (κ1) is 10.2. The minimum atomic E-state index is -0.370. The van der Waals surface area contributed by atoms with Gasteiger partial charge >= 0.3 is 0 Å². The van der Waals surface area contributed by atoms with E-state index >= 15 is 0 Å². The molecule has 0 aliphatic carbocycles. The van der Waals surface area contributed by atoms with E-state index in [1.165, 1.54) is 5.56 Å². The number of amides is 1. The molecule has 2 N–H and O–H groups in total. The number of rotatable bonds is 2. The van der Waals surface area contributed by atoms with Crippen LogP contribution in [-0.2, 0) is 4.79 Å². The molecule has 0 spiro atoms. The van der Waals surface area contributed by atoms with E-state index in [9.17, 15) is 4.79 Å². The third kappa shape index (κ3) is 2.02. The van der Waals surface area contributed by atoms with Gasteiger partial charge in [-0.2, -0.15) is 0 Å².